The Morgan fingerprint density at radius 1 is 1.47 bits per heavy atom. The lowest BCUT2D eigenvalue weighted by atomic mass is 10.1. The Morgan fingerprint density at radius 2 is 2.33 bits per heavy atom. The number of hydrogen-bond donors (Lipinski definition) is 0. The van der Waals surface area contributed by atoms with Gasteiger partial charge in [0.15, 0.2) is 5.13 Å². The molecule has 2 fully saturated rings. The topological polar surface area (TPSA) is 16.1 Å². The number of nitrogens with zero attached hydrogens (tertiary/aromatic N) is 2. The van der Waals surface area contributed by atoms with Crippen molar-refractivity contribution in [1.82, 2.24) is 4.98 Å². The Labute approximate surface area is 103 Å². The third kappa shape index (κ3) is 1.65. The van der Waals surface area contributed by atoms with Crippen LogP contribution in [0.2, 0.25) is 5.15 Å². The highest BCUT2D eigenvalue weighted by Gasteiger charge is 2.39. The number of alkyl halides is 1. The highest BCUT2D eigenvalue weighted by atomic mass is 35.5. The number of piperidine rings is 1. The molecule has 1 aromatic heterocycles. The van der Waals surface area contributed by atoms with E-state index in [0.717, 1.165) is 22.5 Å². The van der Waals surface area contributed by atoms with Gasteiger partial charge in [-0.25, -0.2) is 4.98 Å². The van der Waals surface area contributed by atoms with Gasteiger partial charge in [-0.15, -0.1) is 11.6 Å². The third-order valence-corrected chi connectivity index (χ3v) is 5.36. The molecule has 0 amide bonds. The summed E-state index contributed by atoms with van der Waals surface area (Å²) in [7, 11) is 0. The van der Waals surface area contributed by atoms with Crippen molar-refractivity contribution in [3.8, 4) is 0 Å². The van der Waals surface area contributed by atoms with Crippen LogP contribution in [-0.4, -0.2) is 17.6 Å². The SMILES string of the molecule is ClCc1sc(N2CC3CCC2C3)nc1Cl. The van der Waals surface area contributed by atoms with Gasteiger partial charge in [-0.2, -0.15) is 0 Å². The molecule has 0 spiro atoms. The first-order chi connectivity index (χ1) is 7.28. The summed E-state index contributed by atoms with van der Waals surface area (Å²) in [5.41, 5.74) is 0. The first kappa shape index (κ1) is 10.2. The molecular formula is C10H12Cl2N2S. The molecule has 2 aliphatic rings. The van der Waals surface area contributed by atoms with Crippen molar-refractivity contribution in [2.24, 2.45) is 5.92 Å². The van der Waals surface area contributed by atoms with Crippen molar-refractivity contribution in [3.63, 3.8) is 0 Å². The highest BCUT2D eigenvalue weighted by Crippen LogP contribution is 2.42. The summed E-state index contributed by atoms with van der Waals surface area (Å²) in [5, 5.41) is 1.66. The van der Waals surface area contributed by atoms with E-state index in [-0.39, 0.29) is 0 Å². The highest BCUT2D eigenvalue weighted by molar-refractivity contribution is 7.16. The summed E-state index contributed by atoms with van der Waals surface area (Å²) in [4.78, 5) is 7.82. The quantitative estimate of drug-likeness (QED) is 0.759. The fourth-order valence-electron chi connectivity index (χ4n) is 2.69. The van der Waals surface area contributed by atoms with E-state index >= 15 is 0 Å². The summed E-state index contributed by atoms with van der Waals surface area (Å²) in [6, 6.07) is 0.709. The van der Waals surface area contributed by atoms with E-state index in [1.807, 2.05) is 0 Å². The monoisotopic (exact) mass is 262 g/mol. The Bertz CT molecular complexity index is 379. The maximum Gasteiger partial charge on any atom is 0.187 e. The molecule has 2 bridgehead atoms. The summed E-state index contributed by atoms with van der Waals surface area (Å²) in [6.07, 6.45) is 4.05. The van der Waals surface area contributed by atoms with Gasteiger partial charge in [-0.05, 0) is 25.2 Å². The van der Waals surface area contributed by atoms with E-state index in [1.165, 1.54) is 19.3 Å². The van der Waals surface area contributed by atoms with Crippen LogP contribution in [0.3, 0.4) is 0 Å². The van der Waals surface area contributed by atoms with Crippen LogP contribution < -0.4 is 4.90 Å². The van der Waals surface area contributed by atoms with E-state index in [1.54, 1.807) is 11.3 Å². The zero-order chi connectivity index (χ0) is 10.4. The van der Waals surface area contributed by atoms with Gasteiger partial charge in [-0.3, -0.25) is 0 Å². The molecule has 1 saturated heterocycles. The van der Waals surface area contributed by atoms with Crippen molar-refractivity contribution >= 4 is 39.7 Å². The third-order valence-electron chi connectivity index (χ3n) is 3.41. The summed E-state index contributed by atoms with van der Waals surface area (Å²) in [5.74, 6) is 1.36. The molecule has 15 heavy (non-hydrogen) atoms. The van der Waals surface area contributed by atoms with Gasteiger partial charge < -0.3 is 4.90 Å². The van der Waals surface area contributed by atoms with Crippen LogP contribution >= 0.6 is 34.5 Å². The van der Waals surface area contributed by atoms with Crippen LogP contribution in [0.4, 0.5) is 5.13 Å². The zero-order valence-corrected chi connectivity index (χ0v) is 10.6. The predicted octanol–water partition coefficient (Wildman–Crippen LogP) is 3.52. The number of hydrogen-bond acceptors (Lipinski definition) is 3. The van der Waals surface area contributed by atoms with Crippen LogP contribution in [0.1, 0.15) is 24.1 Å². The van der Waals surface area contributed by atoms with Crippen LogP contribution in [0.15, 0.2) is 0 Å². The van der Waals surface area contributed by atoms with E-state index in [0.29, 0.717) is 17.1 Å². The molecule has 2 unspecified atom stereocenters. The molecule has 5 heteroatoms. The maximum atomic E-state index is 6.01. The molecule has 1 aliphatic carbocycles. The molecule has 0 N–H and O–H groups in total. The number of aromatic nitrogens is 1. The average molecular weight is 263 g/mol. The fraction of sp³-hybridized carbons (Fsp3) is 0.700. The maximum absolute atomic E-state index is 6.01. The lowest BCUT2D eigenvalue weighted by Gasteiger charge is -2.26. The smallest absolute Gasteiger partial charge is 0.187 e. The molecule has 0 radical (unpaired) electrons. The van der Waals surface area contributed by atoms with Crippen molar-refractivity contribution in [2.75, 3.05) is 11.4 Å². The molecule has 2 nitrogen and oxygen atoms in total. The van der Waals surface area contributed by atoms with Crippen LogP contribution in [0.5, 0.6) is 0 Å². The lowest BCUT2D eigenvalue weighted by molar-refractivity contribution is 0.553. The van der Waals surface area contributed by atoms with Crippen molar-refractivity contribution in [3.05, 3.63) is 10.0 Å². The van der Waals surface area contributed by atoms with Crippen molar-refractivity contribution < 1.29 is 0 Å². The Balaban J connectivity index is 1.87. The summed E-state index contributed by atoms with van der Waals surface area (Å²) < 4.78 is 0. The number of rotatable bonds is 2. The molecule has 2 heterocycles. The molecule has 1 aliphatic heterocycles. The second-order valence-corrected chi connectivity index (χ2v) is 6.02. The van der Waals surface area contributed by atoms with Crippen LogP contribution in [0, 0.1) is 5.92 Å². The lowest BCUT2D eigenvalue weighted by Crippen LogP contribution is -2.31. The van der Waals surface area contributed by atoms with Crippen LogP contribution in [0.25, 0.3) is 0 Å². The van der Waals surface area contributed by atoms with E-state index < -0.39 is 0 Å². The predicted molar refractivity (Wildman–Crippen MR) is 65.2 cm³/mol. The number of anilines is 1. The van der Waals surface area contributed by atoms with Gasteiger partial charge in [0.2, 0.25) is 0 Å². The fourth-order valence-corrected chi connectivity index (χ4v) is 4.24. The van der Waals surface area contributed by atoms with Gasteiger partial charge in [0.05, 0.1) is 10.8 Å². The molecule has 3 rings (SSSR count). The minimum atomic E-state index is 0.471. The second kappa shape index (κ2) is 3.79. The van der Waals surface area contributed by atoms with Crippen LogP contribution in [-0.2, 0) is 5.88 Å². The van der Waals surface area contributed by atoms with Crippen molar-refractivity contribution in [1.29, 1.82) is 0 Å². The zero-order valence-electron chi connectivity index (χ0n) is 8.25. The van der Waals surface area contributed by atoms with E-state index in [2.05, 4.69) is 9.88 Å². The minimum Gasteiger partial charge on any atom is -0.345 e. The van der Waals surface area contributed by atoms with E-state index in [4.69, 9.17) is 23.2 Å². The van der Waals surface area contributed by atoms with Gasteiger partial charge >= 0.3 is 0 Å². The molecular weight excluding hydrogens is 251 g/mol. The Morgan fingerprint density at radius 3 is 2.87 bits per heavy atom. The summed E-state index contributed by atoms with van der Waals surface area (Å²) in [6.45, 7) is 1.16. The molecule has 1 aromatic rings. The van der Waals surface area contributed by atoms with E-state index in [9.17, 15) is 0 Å². The Kier molecular flexibility index (Phi) is 2.57. The number of halogens is 2. The second-order valence-electron chi connectivity index (χ2n) is 4.33. The molecule has 82 valence electrons. The number of fused-ring (bicyclic) bond motifs is 2. The first-order valence-electron chi connectivity index (χ1n) is 5.25. The molecule has 2 atom stereocenters. The van der Waals surface area contributed by atoms with Gasteiger partial charge in [0.25, 0.3) is 0 Å². The molecule has 0 aromatic carbocycles. The molecule has 1 saturated carbocycles. The largest absolute Gasteiger partial charge is 0.345 e. The first-order valence-corrected chi connectivity index (χ1v) is 6.98. The minimum absolute atomic E-state index is 0.471. The standard InChI is InChI=1S/C10H12Cl2N2S/c11-4-8-9(12)13-10(15-8)14-5-6-1-2-7(14)3-6/h6-7H,1-5H2. The summed E-state index contributed by atoms with van der Waals surface area (Å²) >= 11 is 13.5. The van der Waals surface area contributed by atoms with Gasteiger partial charge in [0, 0.05) is 12.6 Å². The average Bonchev–Trinajstić information content (AvgIpc) is 2.90. The Hall–Kier alpha value is 0.01000. The van der Waals surface area contributed by atoms with Gasteiger partial charge in [0.1, 0.15) is 5.15 Å². The van der Waals surface area contributed by atoms with Crippen molar-refractivity contribution in [2.45, 2.75) is 31.2 Å². The number of thiazole rings is 1. The van der Waals surface area contributed by atoms with Gasteiger partial charge in [-0.1, -0.05) is 22.9 Å². The normalized spacial score (nSPS) is 29.1.